The van der Waals surface area contributed by atoms with Gasteiger partial charge in [0.2, 0.25) is 5.79 Å². The number of rotatable bonds is 10. The number of imidazole rings is 1. The van der Waals surface area contributed by atoms with Gasteiger partial charge in [0.25, 0.3) is 0 Å². The summed E-state index contributed by atoms with van der Waals surface area (Å²) in [5, 5.41) is 7.88. The Morgan fingerprint density at radius 3 is 2.65 bits per heavy atom. The molecular formula is C28H34Cl2N6O3S. The maximum Gasteiger partial charge on any atom is 0.215 e. The van der Waals surface area contributed by atoms with Crippen LogP contribution in [0.3, 0.4) is 0 Å². The Morgan fingerprint density at radius 1 is 1.15 bits per heavy atom. The Morgan fingerprint density at radius 2 is 1.95 bits per heavy atom. The summed E-state index contributed by atoms with van der Waals surface area (Å²) in [5.74, 6) is -0.286. The Labute approximate surface area is 250 Å². The number of hydrogen-bond acceptors (Lipinski definition) is 7. The lowest BCUT2D eigenvalue weighted by molar-refractivity contribution is -0.189. The maximum atomic E-state index is 6.57. The van der Waals surface area contributed by atoms with Crippen LogP contribution in [0, 0.1) is 0 Å². The topological polar surface area (TPSA) is 76.0 Å². The van der Waals surface area contributed by atoms with E-state index in [1.165, 1.54) is 5.69 Å². The number of piperazine rings is 1. The fourth-order valence-electron chi connectivity index (χ4n) is 4.96. The average Bonchev–Trinajstić information content (AvgIpc) is 3.63. The molecule has 1 aromatic heterocycles. The summed E-state index contributed by atoms with van der Waals surface area (Å²) in [6.45, 7) is 6.93. The van der Waals surface area contributed by atoms with E-state index in [-0.39, 0.29) is 6.10 Å². The standard InChI is InChI=1S/C28H34Cl2N6O3S/c1-31-27(40)33-9-11-34-12-14-36(15-13-34)22-3-5-23(6-4-22)37-17-24-18-38-28(39-24,19-35-10-8-32-20-35)25-7-2-21(29)16-26(25)30/h2-8,10,16,20,24H,9,11-15,17-19H2,1H3,(H2,31,33,40). The fourth-order valence-corrected chi connectivity index (χ4v) is 5.62. The molecule has 5 rings (SSSR count). The molecule has 12 heteroatoms. The van der Waals surface area contributed by atoms with Gasteiger partial charge in [-0.15, -0.1) is 0 Å². The molecule has 2 atom stereocenters. The second kappa shape index (κ2) is 13.4. The number of anilines is 1. The number of thiocarbonyl (C=S) groups is 1. The zero-order valence-corrected chi connectivity index (χ0v) is 24.7. The molecule has 3 aromatic rings. The third kappa shape index (κ3) is 7.18. The van der Waals surface area contributed by atoms with Crippen molar-refractivity contribution in [1.29, 1.82) is 0 Å². The van der Waals surface area contributed by atoms with Crippen LogP contribution >= 0.6 is 35.4 Å². The lowest BCUT2D eigenvalue weighted by Gasteiger charge is -2.36. The van der Waals surface area contributed by atoms with Crippen LogP contribution in [0.25, 0.3) is 0 Å². The van der Waals surface area contributed by atoms with Gasteiger partial charge in [0.05, 0.1) is 24.5 Å². The number of benzene rings is 2. The Bertz CT molecular complexity index is 1260. The summed E-state index contributed by atoms with van der Waals surface area (Å²) >= 11 is 17.9. The SMILES string of the molecule is CNC(=S)NCCN1CCN(c2ccc(OCC3COC(Cn4ccnc4)(c4ccc(Cl)cc4Cl)O3)cc2)CC1. The zero-order chi connectivity index (χ0) is 28.0. The first kappa shape index (κ1) is 28.9. The summed E-state index contributed by atoms with van der Waals surface area (Å²) in [6.07, 6.45) is 5.03. The molecule has 3 heterocycles. The second-order valence-electron chi connectivity index (χ2n) is 9.80. The van der Waals surface area contributed by atoms with Crippen molar-refractivity contribution in [2.24, 2.45) is 0 Å². The lowest BCUT2D eigenvalue weighted by Crippen LogP contribution is -2.49. The number of nitrogens with zero attached hydrogens (tertiary/aromatic N) is 4. The molecule has 2 aromatic carbocycles. The minimum Gasteiger partial charge on any atom is -0.491 e. The van der Waals surface area contributed by atoms with Gasteiger partial charge in [-0.25, -0.2) is 4.98 Å². The molecule has 9 nitrogen and oxygen atoms in total. The van der Waals surface area contributed by atoms with E-state index in [0.29, 0.717) is 34.9 Å². The number of ether oxygens (including phenoxy) is 3. The van der Waals surface area contributed by atoms with Crippen LogP contribution in [0.15, 0.2) is 61.2 Å². The van der Waals surface area contributed by atoms with Crippen molar-refractivity contribution in [2.75, 3.05) is 64.4 Å². The summed E-state index contributed by atoms with van der Waals surface area (Å²) < 4.78 is 20.8. The minimum absolute atomic E-state index is 0.278. The van der Waals surface area contributed by atoms with E-state index in [0.717, 1.165) is 50.6 Å². The Kier molecular flexibility index (Phi) is 9.67. The van der Waals surface area contributed by atoms with Crippen molar-refractivity contribution in [3.8, 4) is 5.75 Å². The highest BCUT2D eigenvalue weighted by Gasteiger charge is 2.45. The molecule has 0 radical (unpaired) electrons. The quantitative estimate of drug-likeness (QED) is 0.336. The molecule has 2 N–H and O–H groups in total. The third-order valence-corrected chi connectivity index (χ3v) is 8.00. The second-order valence-corrected chi connectivity index (χ2v) is 11.1. The smallest absolute Gasteiger partial charge is 0.215 e. The molecule has 2 aliphatic heterocycles. The molecule has 2 aliphatic rings. The molecule has 2 fully saturated rings. The van der Waals surface area contributed by atoms with E-state index >= 15 is 0 Å². The van der Waals surface area contributed by atoms with E-state index in [1.54, 1.807) is 24.7 Å². The number of hydrogen-bond donors (Lipinski definition) is 2. The first-order valence-corrected chi connectivity index (χ1v) is 14.5. The monoisotopic (exact) mass is 604 g/mol. The van der Waals surface area contributed by atoms with Gasteiger partial charge >= 0.3 is 0 Å². The van der Waals surface area contributed by atoms with Crippen LogP contribution in [0.2, 0.25) is 10.0 Å². The lowest BCUT2D eigenvalue weighted by atomic mass is 10.1. The third-order valence-electron chi connectivity index (χ3n) is 7.10. The number of halogens is 2. The first-order chi connectivity index (χ1) is 19.4. The molecule has 2 saturated heterocycles. The van der Waals surface area contributed by atoms with Crippen molar-refractivity contribution >= 4 is 46.2 Å². The van der Waals surface area contributed by atoms with Crippen LogP contribution < -0.4 is 20.3 Å². The van der Waals surface area contributed by atoms with Gasteiger partial charge in [-0.2, -0.15) is 0 Å². The van der Waals surface area contributed by atoms with Crippen LogP contribution in [0.4, 0.5) is 5.69 Å². The summed E-state index contributed by atoms with van der Waals surface area (Å²) in [5.41, 5.74) is 1.91. The van der Waals surface area contributed by atoms with E-state index in [9.17, 15) is 0 Å². The average molecular weight is 606 g/mol. The molecule has 0 saturated carbocycles. The van der Waals surface area contributed by atoms with E-state index in [2.05, 4.69) is 37.6 Å². The molecule has 214 valence electrons. The predicted octanol–water partition coefficient (Wildman–Crippen LogP) is 3.75. The molecule has 0 aliphatic carbocycles. The van der Waals surface area contributed by atoms with Crippen LogP contribution in [-0.2, 0) is 21.8 Å². The van der Waals surface area contributed by atoms with Gasteiger partial charge in [0.1, 0.15) is 18.5 Å². The number of nitrogens with one attached hydrogen (secondary N) is 2. The fraction of sp³-hybridized carbons (Fsp3) is 0.429. The highest BCUT2D eigenvalue weighted by atomic mass is 35.5. The zero-order valence-electron chi connectivity index (χ0n) is 22.4. The van der Waals surface area contributed by atoms with Gasteiger partial charge in [0.15, 0.2) is 5.11 Å². The minimum atomic E-state index is -1.07. The van der Waals surface area contributed by atoms with Crippen molar-refractivity contribution in [3.63, 3.8) is 0 Å². The first-order valence-electron chi connectivity index (χ1n) is 13.3. The Hall–Kier alpha value is -2.60. The van der Waals surface area contributed by atoms with E-state index in [1.807, 2.05) is 36.0 Å². The summed E-state index contributed by atoms with van der Waals surface area (Å²) in [6, 6.07) is 13.6. The van der Waals surface area contributed by atoms with Crippen molar-refractivity contribution in [3.05, 3.63) is 76.8 Å². The number of aromatic nitrogens is 2. The van der Waals surface area contributed by atoms with Gasteiger partial charge in [-0.1, -0.05) is 29.3 Å². The van der Waals surface area contributed by atoms with Gasteiger partial charge in [-0.3, -0.25) is 4.90 Å². The molecule has 0 spiro atoms. The predicted molar refractivity (Wildman–Crippen MR) is 161 cm³/mol. The van der Waals surface area contributed by atoms with E-state index < -0.39 is 5.79 Å². The van der Waals surface area contributed by atoms with Crippen LogP contribution in [0.5, 0.6) is 5.75 Å². The van der Waals surface area contributed by atoms with Gasteiger partial charge in [-0.05, 0) is 48.6 Å². The Balaban J connectivity index is 1.13. The van der Waals surface area contributed by atoms with Crippen molar-refractivity contribution < 1.29 is 14.2 Å². The molecule has 0 bridgehead atoms. The van der Waals surface area contributed by atoms with Gasteiger partial charge < -0.3 is 34.3 Å². The van der Waals surface area contributed by atoms with E-state index in [4.69, 9.17) is 49.6 Å². The molecule has 40 heavy (non-hydrogen) atoms. The van der Waals surface area contributed by atoms with Crippen molar-refractivity contribution in [2.45, 2.75) is 18.4 Å². The van der Waals surface area contributed by atoms with Crippen molar-refractivity contribution in [1.82, 2.24) is 25.1 Å². The van der Waals surface area contributed by atoms with Gasteiger partial charge in [0, 0.05) is 75.0 Å². The summed E-state index contributed by atoms with van der Waals surface area (Å²) in [7, 11) is 1.83. The highest BCUT2D eigenvalue weighted by molar-refractivity contribution is 7.80. The summed E-state index contributed by atoms with van der Waals surface area (Å²) in [4.78, 5) is 9.00. The molecular weight excluding hydrogens is 571 g/mol. The molecule has 0 amide bonds. The highest BCUT2D eigenvalue weighted by Crippen LogP contribution is 2.40. The normalized spacial score (nSPS) is 21.4. The van der Waals surface area contributed by atoms with Crippen LogP contribution in [0.1, 0.15) is 5.56 Å². The largest absolute Gasteiger partial charge is 0.491 e. The maximum absolute atomic E-state index is 6.57. The van der Waals surface area contributed by atoms with Crippen LogP contribution in [-0.4, -0.2) is 85.2 Å². The molecule has 2 unspecified atom stereocenters.